The van der Waals surface area contributed by atoms with Crippen LogP contribution in [0.1, 0.15) is 18.7 Å². The van der Waals surface area contributed by atoms with Gasteiger partial charge in [0.1, 0.15) is 24.1 Å². The Labute approximate surface area is 128 Å². The number of hydrogen-bond acceptors (Lipinski definition) is 4. The minimum Gasteiger partial charge on any atom is -0.452 e. The molecule has 0 saturated heterocycles. The molecule has 1 unspecified atom stereocenters. The smallest absolute Gasteiger partial charge is 0.169 e. The summed E-state index contributed by atoms with van der Waals surface area (Å²) in [4.78, 5) is 3.81. The molecule has 0 aliphatic rings. The monoisotopic (exact) mass is 350 g/mol. The zero-order chi connectivity index (χ0) is 14.8. The second-order valence-electron chi connectivity index (χ2n) is 4.51. The molecule has 108 valence electrons. The van der Waals surface area contributed by atoms with E-state index in [4.69, 9.17) is 4.42 Å². The van der Waals surface area contributed by atoms with Gasteiger partial charge in [-0.2, -0.15) is 5.10 Å². The molecule has 0 radical (unpaired) electrons. The van der Waals surface area contributed by atoms with Gasteiger partial charge in [-0.05, 0) is 53.2 Å². The zero-order valence-electron chi connectivity index (χ0n) is 11.1. The highest BCUT2D eigenvalue weighted by Crippen LogP contribution is 2.25. The molecule has 0 aliphatic carbocycles. The molecule has 0 aliphatic heterocycles. The van der Waals surface area contributed by atoms with Gasteiger partial charge in [0.25, 0.3) is 0 Å². The number of benzene rings is 1. The van der Waals surface area contributed by atoms with Crippen molar-refractivity contribution >= 4 is 21.6 Å². The predicted octanol–water partition coefficient (Wildman–Crippen LogP) is 3.94. The molecular formula is C14H12BrFN4O. The average molecular weight is 351 g/mol. The van der Waals surface area contributed by atoms with Crippen molar-refractivity contribution in [3.63, 3.8) is 0 Å². The summed E-state index contributed by atoms with van der Waals surface area (Å²) in [5.41, 5.74) is 1.02. The second kappa shape index (κ2) is 5.69. The summed E-state index contributed by atoms with van der Waals surface area (Å²) in [6.07, 6.45) is 2.82. The van der Waals surface area contributed by atoms with Gasteiger partial charge in [-0.1, -0.05) is 0 Å². The normalized spacial score (nSPS) is 12.3. The van der Waals surface area contributed by atoms with E-state index in [1.54, 1.807) is 12.1 Å². The van der Waals surface area contributed by atoms with Gasteiger partial charge >= 0.3 is 0 Å². The highest BCUT2D eigenvalue weighted by atomic mass is 79.9. The van der Waals surface area contributed by atoms with Crippen molar-refractivity contribution in [3.05, 3.63) is 59.2 Å². The maximum atomic E-state index is 14.1. The molecule has 5 nitrogen and oxygen atoms in total. The number of furan rings is 1. The highest BCUT2D eigenvalue weighted by molar-refractivity contribution is 9.10. The summed E-state index contributed by atoms with van der Waals surface area (Å²) in [6, 6.07) is 8.47. The van der Waals surface area contributed by atoms with Crippen LogP contribution in [0, 0.1) is 5.82 Å². The van der Waals surface area contributed by atoms with E-state index in [1.807, 2.05) is 19.1 Å². The van der Waals surface area contributed by atoms with E-state index < -0.39 is 0 Å². The molecule has 0 bridgehead atoms. The van der Waals surface area contributed by atoms with Crippen LogP contribution in [0.4, 0.5) is 10.1 Å². The lowest BCUT2D eigenvalue weighted by molar-refractivity contribution is 0.471. The molecule has 0 saturated carbocycles. The number of nitrogens with one attached hydrogen (secondary N) is 1. The third-order valence-corrected chi connectivity index (χ3v) is 3.44. The van der Waals surface area contributed by atoms with Crippen LogP contribution >= 0.6 is 15.9 Å². The third-order valence-electron chi connectivity index (χ3n) is 3.02. The van der Waals surface area contributed by atoms with Crippen LogP contribution in [-0.2, 0) is 0 Å². The van der Waals surface area contributed by atoms with E-state index >= 15 is 0 Å². The Balaban J connectivity index is 1.79. The summed E-state index contributed by atoms with van der Waals surface area (Å²) in [6.45, 7) is 1.94. The van der Waals surface area contributed by atoms with E-state index in [1.165, 1.54) is 23.4 Å². The molecule has 3 rings (SSSR count). The van der Waals surface area contributed by atoms with E-state index in [9.17, 15) is 4.39 Å². The van der Waals surface area contributed by atoms with E-state index in [2.05, 4.69) is 31.3 Å². The van der Waals surface area contributed by atoms with Crippen LogP contribution in [0.3, 0.4) is 0 Å². The summed E-state index contributed by atoms with van der Waals surface area (Å²) < 4.78 is 21.6. The lowest BCUT2D eigenvalue weighted by atomic mass is 10.2. The molecule has 21 heavy (non-hydrogen) atoms. The lowest BCUT2D eigenvalue weighted by Gasteiger charge is -2.13. The van der Waals surface area contributed by atoms with Crippen molar-refractivity contribution < 1.29 is 8.81 Å². The molecule has 1 N–H and O–H groups in total. The van der Waals surface area contributed by atoms with E-state index in [0.29, 0.717) is 16.0 Å². The van der Waals surface area contributed by atoms with Crippen LogP contribution in [0.5, 0.6) is 0 Å². The van der Waals surface area contributed by atoms with Crippen molar-refractivity contribution in [2.24, 2.45) is 0 Å². The quantitative estimate of drug-likeness (QED) is 0.774. The predicted molar refractivity (Wildman–Crippen MR) is 79.8 cm³/mol. The van der Waals surface area contributed by atoms with Gasteiger partial charge in [-0.15, -0.1) is 0 Å². The van der Waals surface area contributed by atoms with Crippen LogP contribution in [-0.4, -0.2) is 14.8 Å². The fourth-order valence-corrected chi connectivity index (χ4v) is 2.32. The molecule has 0 spiro atoms. The summed E-state index contributed by atoms with van der Waals surface area (Å²) in [7, 11) is 0. The Hall–Kier alpha value is -2.15. The van der Waals surface area contributed by atoms with Crippen LogP contribution in [0.2, 0.25) is 0 Å². The van der Waals surface area contributed by atoms with E-state index in [0.717, 1.165) is 5.76 Å². The van der Waals surface area contributed by atoms with Gasteiger partial charge < -0.3 is 9.73 Å². The molecule has 0 fully saturated rings. The van der Waals surface area contributed by atoms with Crippen molar-refractivity contribution in [1.29, 1.82) is 0 Å². The molecule has 1 atom stereocenters. The number of rotatable bonds is 4. The summed E-state index contributed by atoms with van der Waals surface area (Å²) >= 11 is 3.26. The van der Waals surface area contributed by atoms with Gasteiger partial charge in [-0.25, -0.2) is 14.1 Å². The topological polar surface area (TPSA) is 55.9 Å². The minimum absolute atomic E-state index is 0.0760. The molecule has 7 heteroatoms. The number of hydrogen-bond donors (Lipinski definition) is 1. The molecule has 1 aromatic carbocycles. The van der Waals surface area contributed by atoms with E-state index in [-0.39, 0.29) is 11.9 Å². The van der Waals surface area contributed by atoms with Crippen molar-refractivity contribution in [2.75, 3.05) is 5.32 Å². The first kappa shape index (κ1) is 13.8. The van der Waals surface area contributed by atoms with Crippen LogP contribution in [0.15, 0.2) is 52.1 Å². The van der Waals surface area contributed by atoms with Crippen molar-refractivity contribution in [3.8, 4) is 5.69 Å². The van der Waals surface area contributed by atoms with Gasteiger partial charge in [0.2, 0.25) is 0 Å². The van der Waals surface area contributed by atoms with Gasteiger partial charge in [0.15, 0.2) is 10.5 Å². The molecular weight excluding hydrogens is 339 g/mol. The van der Waals surface area contributed by atoms with Gasteiger partial charge in [-0.3, -0.25) is 0 Å². The maximum Gasteiger partial charge on any atom is 0.169 e. The number of nitrogens with zero attached hydrogens (tertiary/aromatic N) is 3. The van der Waals surface area contributed by atoms with Crippen molar-refractivity contribution in [1.82, 2.24) is 14.8 Å². The largest absolute Gasteiger partial charge is 0.452 e. The van der Waals surface area contributed by atoms with Gasteiger partial charge in [0.05, 0.1) is 6.04 Å². The zero-order valence-corrected chi connectivity index (χ0v) is 12.7. The Kier molecular flexibility index (Phi) is 3.74. The van der Waals surface area contributed by atoms with Crippen molar-refractivity contribution in [2.45, 2.75) is 13.0 Å². The standard InChI is InChI=1S/C14H12BrFN4O/c1-9(13-4-5-14(15)21-13)19-10-2-3-12(11(16)6-10)20-8-17-7-18-20/h2-9,19H,1H3. The Morgan fingerprint density at radius 3 is 2.81 bits per heavy atom. The minimum atomic E-state index is -0.377. The summed E-state index contributed by atoms with van der Waals surface area (Å²) in [5.74, 6) is 0.390. The fourth-order valence-electron chi connectivity index (χ4n) is 2.00. The second-order valence-corrected chi connectivity index (χ2v) is 5.30. The highest BCUT2D eigenvalue weighted by Gasteiger charge is 2.12. The third kappa shape index (κ3) is 2.97. The fraction of sp³-hybridized carbons (Fsp3) is 0.143. The first-order chi connectivity index (χ1) is 10.1. The van der Waals surface area contributed by atoms with Gasteiger partial charge in [0, 0.05) is 5.69 Å². The number of anilines is 1. The van der Waals surface area contributed by atoms with Crippen LogP contribution < -0.4 is 5.32 Å². The Morgan fingerprint density at radius 2 is 2.19 bits per heavy atom. The summed E-state index contributed by atoms with van der Waals surface area (Å²) in [5, 5.41) is 7.10. The molecule has 2 aromatic heterocycles. The number of halogens is 2. The average Bonchev–Trinajstić information content (AvgIpc) is 3.10. The molecule has 3 aromatic rings. The first-order valence-electron chi connectivity index (χ1n) is 6.30. The lowest BCUT2D eigenvalue weighted by Crippen LogP contribution is -2.06. The number of aromatic nitrogens is 3. The molecule has 0 amide bonds. The first-order valence-corrected chi connectivity index (χ1v) is 7.09. The van der Waals surface area contributed by atoms with Crippen LogP contribution in [0.25, 0.3) is 5.69 Å². The molecule has 2 heterocycles. The Morgan fingerprint density at radius 1 is 1.33 bits per heavy atom. The Bertz CT molecular complexity index is 741. The SMILES string of the molecule is CC(Nc1ccc(-n2cncn2)c(F)c1)c1ccc(Br)o1. The maximum absolute atomic E-state index is 14.1.